The minimum Gasteiger partial charge on any atom is -0.465 e. The van der Waals surface area contributed by atoms with E-state index in [9.17, 15) is 18.0 Å². The Bertz CT molecular complexity index is 1210. The molecule has 0 saturated carbocycles. The summed E-state index contributed by atoms with van der Waals surface area (Å²) in [6.45, 7) is 0.981. The standard InChI is InChI=1S/C20H20N4O5S3/c1-29-20(26)15-9-18(30-12-15)32(27,28)24-7-5-23(6-8-24)17(25)10-16-13-31-19(22-16)14-3-2-4-21-11-14/h2-4,9,11-13H,5-8,10H2,1H3. The van der Waals surface area contributed by atoms with Crippen molar-refractivity contribution in [2.24, 2.45) is 0 Å². The molecule has 0 aromatic carbocycles. The number of esters is 1. The van der Waals surface area contributed by atoms with Crippen molar-refractivity contribution in [2.75, 3.05) is 33.3 Å². The summed E-state index contributed by atoms with van der Waals surface area (Å²) in [4.78, 5) is 34.6. The zero-order valence-electron chi connectivity index (χ0n) is 17.1. The average molecular weight is 493 g/mol. The van der Waals surface area contributed by atoms with Crippen molar-refractivity contribution in [3.8, 4) is 10.6 Å². The van der Waals surface area contributed by atoms with Crippen molar-refractivity contribution in [3.63, 3.8) is 0 Å². The lowest BCUT2D eigenvalue weighted by Gasteiger charge is -2.33. The molecule has 168 valence electrons. The molecule has 1 fully saturated rings. The molecule has 1 saturated heterocycles. The SMILES string of the molecule is COC(=O)c1csc(S(=O)(=O)N2CCN(C(=O)Cc3csc(-c4cccnc4)n3)CC2)c1. The first-order chi connectivity index (χ1) is 15.4. The monoisotopic (exact) mass is 492 g/mol. The Kier molecular flexibility index (Phi) is 6.65. The molecule has 0 bridgehead atoms. The highest BCUT2D eigenvalue weighted by Crippen LogP contribution is 2.26. The number of thiophene rings is 1. The third-order valence-electron chi connectivity index (χ3n) is 4.97. The number of thiazole rings is 1. The number of rotatable bonds is 6. The molecule has 3 aromatic rings. The number of aromatic nitrogens is 2. The fourth-order valence-corrected chi connectivity index (χ4v) is 6.79. The van der Waals surface area contributed by atoms with Crippen molar-refractivity contribution in [1.82, 2.24) is 19.2 Å². The molecule has 1 amide bonds. The lowest BCUT2D eigenvalue weighted by Crippen LogP contribution is -2.50. The van der Waals surface area contributed by atoms with Crippen LogP contribution in [0.3, 0.4) is 0 Å². The Morgan fingerprint density at radius 3 is 2.62 bits per heavy atom. The van der Waals surface area contributed by atoms with Crippen LogP contribution in [0.15, 0.2) is 45.6 Å². The van der Waals surface area contributed by atoms with Crippen LogP contribution in [0.4, 0.5) is 0 Å². The normalized spacial score (nSPS) is 15.0. The van der Waals surface area contributed by atoms with Gasteiger partial charge in [-0.05, 0) is 18.2 Å². The molecule has 4 heterocycles. The Morgan fingerprint density at radius 2 is 1.94 bits per heavy atom. The number of amides is 1. The van der Waals surface area contributed by atoms with Crippen LogP contribution in [0.5, 0.6) is 0 Å². The molecular formula is C20H20N4O5S3. The van der Waals surface area contributed by atoms with Gasteiger partial charge in [-0.2, -0.15) is 4.31 Å². The molecule has 0 aliphatic carbocycles. The first-order valence-corrected chi connectivity index (χ1v) is 12.9. The van der Waals surface area contributed by atoms with Gasteiger partial charge in [0.1, 0.15) is 9.22 Å². The Morgan fingerprint density at radius 1 is 1.16 bits per heavy atom. The Balaban J connectivity index is 1.35. The average Bonchev–Trinajstić information content (AvgIpc) is 3.50. The molecule has 32 heavy (non-hydrogen) atoms. The molecule has 1 aliphatic rings. The number of ether oxygens (including phenoxy) is 1. The summed E-state index contributed by atoms with van der Waals surface area (Å²) < 4.78 is 31.8. The number of hydrogen-bond acceptors (Lipinski definition) is 9. The van der Waals surface area contributed by atoms with Crippen LogP contribution in [0.1, 0.15) is 16.1 Å². The van der Waals surface area contributed by atoms with Gasteiger partial charge < -0.3 is 9.64 Å². The maximum atomic E-state index is 12.9. The topological polar surface area (TPSA) is 110 Å². The van der Waals surface area contributed by atoms with Gasteiger partial charge in [-0.15, -0.1) is 22.7 Å². The van der Waals surface area contributed by atoms with E-state index in [1.54, 1.807) is 17.3 Å². The van der Waals surface area contributed by atoms with Gasteiger partial charge in [0, 0.05) is 54.9 Å². The molecule has 0 radical (unpaired) electrons. The summed E-state index contributed by atoms with van der Waals surface area (Å²) in [5.74, 6) is -0.666. The van der Waals surface area contributed by atoms with Gasteiger partial charge in [0.25, 0.3) is 10.0 Å². The van der Waals surface area contributed by atoms with E-state index in [4.69, 9.17) is 0 Å². The van der Waals surface area contributed by atoms with Crippen LogP contribution in [-0.2, 0) is 26.0 Å². The minimum atomic E-state index is -3.73. The van der Waals surface area contributed by atoms with Crippen LogP contribution in [0, 0.1) is 0 Å². The van der Waals surface area contributed by atoms with Crippen LogP contribution in [0.2, 0.25) is 0 Å². The van der Waals surface area contributed by atoms with Gasteiger partial charge in [0.15, 0.2) is 0 Å². The van der Waals surface area contributed by atoms with Gasteiger partial charge in [-0.25, -0.2) is 18.2 Å². The predicted octanol–water partition coefficient (Wildman–Crippen LogP) is 2.13. The number of methoxy groups -OCH3 is 1. The van der Waals surface area contributed by atoms with E-state index in [-0.39, 0.29) is 35.2 Å². The smallest absolute Gasteiger partial charge is 0.338 e. The van der Waals surface area contributed by atoms with Crippen LogP contribution >= 0.6 is 22.7 Å². The summed E-state index contributed by atoms with van der Waals surface area (Å²) in [7, 11) is -2.48. The minimum absolute atomic E-state index is 0.0862. The van der Waals surface area contributed by atoms with Gasteiger partial charge in [-0.3, -0.25) is 9.78 Å². The number of piperazine rings is 1. The molecular weight excluding hydrogens is 472 g/mol. The number of sulfonamides is 1. The largest absolute Gasteiger partial charge is 0.465 e. The quantitative estimate of drug-likeness (QED) is 0.485. The summed E-state index contributed by atoms with van der Waals surface area (Å²) in [5.41, 5.74) is 1.79. The van der Waals surface area contributed by atoms with Crippen LogP contribution in [0.25, 0.3) is 10.6 Å². The van der Waals surface area contributed by atoms with Crippen LogP contribution in [-0.4, -0.2) is 72.8 Å². The van der Waals surface area contributed by atoms with E-state index in [0.717, 1.165) is 21.9 Å². The van der Waals surface area contributed by atoms with E-state index >= 15 is 0 Å². The van der Waals surface area contributed by atoms with Crippen molar-refractivity contribution in [1.29, 1.82) is 0 Å². The zero-order valence-corrected chi connectivity index (χ0v) is 19.6. The Labute approximate surface area is 193 Å². The van der Waals surface area contributed by atoms with Crippen LogP contribution < -0.4 is 0 Å². The highest BCUT2D eigenvalue weighted by Gasteiger charge is 2.31. The van der Waals surface area contributed by atoms with E-state index in [1.807, 2.05) is 17.5 Å². The summed E-state index contributed by atoms with van der Waals surface area (Å²) >= 11 is 2.44. The summed E-state index contributed by atoms with van der Waals surface area (Å²) in [6, 6.07) is 5.08. The third kappa shape index (κ3) is 4.72. The first kappa shape index (κ1) is 22.5. The molecule has 0 atom stereocenters. The zero-order chi connectivity index (χ0) is 22.7. The molecule has 0 N–H and O–H groups in total. The third-order valence-corrected chi connectivity index (χ3v) is 9.23. The highest BCUT2D eigenvalue weighted by atomic mass is 32.2. The summed E-state index contributed by atoms with van der Waals surface area (Å²) in [5, 5.41) is 4.13. The number of carbonyl (C=O) groups excluding carboxylic acids is 2. The van der Waals surface area contributed by atoms with E-state index < -0.39 is 16.0 Å². The van der Waals surface area contributed by atoms with Gasteiger partial charge in [0.05, 0.1) is 24.8 Å². The fraction of sp³-hybridized carbons (Fsp3) is 0.300. The van der Waals surface area contributed by atoms with E-state index in [0.29, 0.717) is 18.8 Å². The molecule has 0 unspecified atom stereocenters. The maximum Gasteiger partial charge on any atom is 0.338 e. The maximum absolute atomic E-state index is 12.9. The molecule has 12 heteroatoms. The highest BCUT2D eigenvalue weighted by molar-refractivity contribution is 7.91. The van der Waals surface area contributed by atoms with Gasteiger partial charge in [-0.1, -0.05) is 0 Å². The molecule has 1 aliphatic heterocycles. The predicted molar refractivity (Wildman–Crippen MR) is 120 cm³/mol. The number of pyridine rings is 1. The van der Waals surface area contributed by atoms with E-state index in [1.165, 1.54) is 34.2 Å². The molecule has 9 nitrogen and oxygen atoms in total. The second-order valence-corrected chi connectivity index (χ2v) is 10.9. The lowest BCUT2D eigenvalue weighted by atomic mass is 10.2. The fourth-order valence-electron chi connectivity index (χ4n) is 3.26. The second-order valence-electron chi connectivity index (χ2n) is 6.99. The first-order valence-electron chi connectivity index (χ1n) is 9.68. The van der Waals surface area contributed by atoms with Gasteiger partial charge in [0.2, 0.25) is 5.91 Å². The van der Waals surface area contributed by atoms with Gasteiger partial charge >= 0.3 is 5.97 Å². The molecule has 3 aromatic heterocycles. The molecule has 4 rings (SSSR count). The van der Waals surface area contributed by atoms with Crippen molar-refractivity contribution in [2.45, 2.75) is 10.6 Å². The summed E-state index contributed by atoms with van der Waals surface area (Å²) in [6.07, 6.45) is 3.58. The Hall–Kier alpha value is -2.67. The van der Waals surface area contributed by atoms with Crippen molar-refractivity contribution in [3.05, 3.63) is 52.6 Å². The second kappa shape index (κ2) is 9.45. The molecule has 0 spiro atoms. The number of nitrogens with zero attached hydrogens (tertiary/aromatic N) is 4. The van der Waals surface area contributed by atoms with Crippen molar-refractivity contribution < 1.29 is 22.7 Å². The number of carbonyl (C=O) groups is 2. The number of hydrogen-bond donors (Lipinski definition) is 0. The van der Waals surface area contributed by atoms with Crippen molar-refractivity contribution >= 4 is 44.6 Å². The lowest BCUT2D eigenvalue weighted by molar-refractivity contribution is -0.131. The van der Waals surface area contributed by atoms with E-state index in [2.05, 4.69) is 14.7 Å².